The highest BCUT2D eigenvalue weighted by Gasteiger charge is 1.96. The Hall–Kier alpha value is -2.81. The van der Waals surface area contributed by atoms with Crippen LogP contribution >= 0.6 is 22.6 Å². The number of aromatic amines is 1. The van der Waals surface area contributed by atoms with E-state index in [9.17, 15) is 0 Å². The Bertz CT molecular complexity index is 929. The third-order valence-electron chi connectivity index (χ3n) is 3.36. The number of imidazole rings is 2. The van der Waals surface area contributed by atoms with Gasteiger partial charge in [0.1, 0.15) is 0 Å². The van der Waals surface area contributed by atoms with Crippen LogP contribution in [0.25, 0.3) is 5.69 Å². The lowest BCUT2D eigenvalue weighted by Crippen LogP contribution is -1.91. The number of nitrogen functional groups attached to an aromatic ring is 2. The quantitative estimate of drug-likeness (QED) is 0.282. The molecule has 0 aliphatic rings. The van der Waals surface area contributed by atoms with Crippen LogP contribution in [0, 0.1) is 17.4 Å². The molecular weight excluding hydrogens is 451 g/mol. The summed E-state index contributed by atoms with van der Waals surface area (Å²) in [7, 11) is 0. The number of anilines is 2. The van der Waals surface area contributed by atoms with E-state index in [-0.39, 0.29) is 0 Å². The molecule has 7 heteroatoms. The standard InChI is InChI=1S/C10H11N3.C6H6IN.C4H6N2/c1-8-6-13(7-12-8)10-4-2-3-9(11)5-10;7-5-2-1-3-6(8)4-5;1-4-2-5-3-6-4/h2-7H,11H2,1H3;1-4H,8H2;2-3H,1H3,(H,5,6). The molecule has 0 aliphatic carbocycles. The fourth-order valence-electron chi connectivity index (χ4n) is 2.08. The van der Waals surface area contributed by atoms with Crippen molar-refractivity contribution in [2.24, 2.45) is 0 Å². The predicted molar refractivity (Wildman–Crippen MR) is 120 cm³/mol. The molecule has 2 aromatic carbocycles. The molecule has 0 aliphatic heterocycles. The molecule has 0 unspecified atom stereocenters. The molecule has 27 heavy (non-hydrogen) atoms. The van der Waals surface area contributed by atoms with Gasteiger partial charge in [-0.05, 0) is 72.8 Å². The van der Waals surface area contributed by atoms with Crippen molar-refractivity contribution in [1.29, 1.82) is 0 Å². The lowest BCUT2D eigenvalue weighted by molar-refractivity contribution is 1.06. The number of H-pyrrole nitrogens is 1. The third-order valence-corrected chi connectivity index (χ3v) is 4.03. The summed E-state index contributed by atoms with van der Waals surface area (Å²) in [6.07, 6.45) is 7.19. The van der Waals surface area contributed by atoms with Crippen LogP contribution in [0.1, 0.15) is 11.4 Å². The molecule has 0 radical (unpaired) electrons. The predicted octanol–water partition coefficient (Wildman–Crippen LogP) is 4.35. The van der Waals surface area contributed by atoms with Crippen LogP contribution in [-0.2, 0) is 0 Å². The summed E-state index contributed by atoms with van der Waals surface area (Å²) in [5, 5.41) is 0. The average Bonchev–Trinajstić information content (AvgIpc) is 3.27. The summed E-state index contributed by atoms with van der Waals surface area (Å²) in [5.41, 5.74) is 15.9. The fourth-order valence-corrected chi connectivity index (χ4v) is 2.65. The lowest BCUT2D eigenvalue weighted by atomic mass is 10.3. The summed E-state index contributed by atoms with van der Waals surface area (Å²) in [4.78, 5) is 10.8. The van der Waals surface area contributed by atoms with Crippen LogP contribution in [0.15, 0.2) is 73.6 Å². The molecule has 140 valence electrons. The van der Waals surface area contributed by atoms with E-state index in [0.717, 1.165) is 28.5 Å². The zero-order valence-electron chi connectivity index (χ0n) is 15.3. The van der Waals surface area contributed by atoms with E-state index < -0.39 is 0 Å². The molecule has 6 nitrogen and oxygen atoms in total. The smallest absolute Gasteiger partial charge is 0.0995 e. The van der Waals surface area contributed by atoms with E-state index in [4.69, 9.17) is 11.5 Å². The normalized spacial score (nSPS) is 9.59. The Morgan fingerprint density at radius 3 is 2.11 bits per heavy atom. The van der Waals surface area contributed by atoms with E-state index in [1.54, 1.807) is 18.9 Å². The van der Waals surface area contributed by atoms with E-state index >= 15 is 0 Å². The molecule has 0 saturated carbocycles. The molecular formula is C20H23IN6. The molecule has 0 atom stereocenters. The van der Waals surface area contributed by atoms with E-state index in [1.807, 2.05) is 73.1 Å². The molecule has 4 rings (SSSR count). The van der Waals surface area contributed by atoms with Gasteiger partial charge in [-0.1, -0.05) is 12.1 Å². The fraction of sp³-hybridized carbons (Fsp3) is 0.100. The molecule has 5 N–H and O–H groups in total. The number of nitrogens with two attached hydrogens (primary N) is 2. The van der Waals surface area contributed by atoms with Crippen molar-refractivity contribution in [1.82, 2.24) is 19.5 Å². The first-order valence-corrected chi connectivity index (χ1v) is 9.34. The summed E-state index contributed by atoms with van der Waals surface area (Å²) >= 11 is 2.23. The highest BCUT2D eigenvalue weighted by Crippen LogP contribution is 2.12. The summed E-state index contributed by atoms with van der Waals surface area (Å²) in [6.45, 7) is 3.93. The van der Waals surface area contributed by atoms with Crippen molar-refractivity contribution in [3.63, 3.8) is 0 Å². The number of nitrogens with zero attached hydrogens (tertiary/aromatic N) is 3. The van der Waals surface area contributed by atoms with Gasteiger partial charge in [0.2, 0.25) is 0 Å². The number of hydrogen-bond acceptors (Lipinski definition) is 4. The van der Waals surface area contributed by atoms with Crippen molar-refractivity contribution in [2.75, 3.05) is 11.5 Å². The average molecular weight is 474 g/mol. The van der Waals surface area contributed by atoms with Gasteiger partial charge in [-0.2, -0.15) is 0 Å². The van der Waals surface area contributed by atoms with Crippen LogP contribution in [-0.4, -0.2) is 19.5 Å². The van der Waals surface area contributed by atoms with Crippen molar-refractivity contribution in [3.05, 3.63) is 88.5 Å². The molecule has 0 fully saturated rings. The maximum absolute atomic E-state index is 5.67. The molecule has 2 aromatic heterocycles. The summed E-state index contributed by atoms with van der Waals surface area (Å²) in [6, 6.07) is 15.5. The summed E-state index contributed by atoms with van der Waals surface area (Å²) < 4.78 is 3.13. The van der Waals surface area contributed by atoms with E-state index in [1.165, 1.54) is 3.57 Å². The molecule has 0 spiro atoms. The topological polar surface area (TPSA) is 98.5 Å². The van der Waals surface area contributed by atoms with E-state index in [2.05, 4.69) is 37.5 Å². The third kappa shape index (κ3) is 7.53. The first-order chi connectivity index (χ1) is 12.9. The highest BCUT2D eigenvalue weighted by atomic mass is 127. The van der Waals surface area contributed by atoms with Gasteiger partial charge in [0, 0.05) is 38.7 Å². The minimum absolute atomic E-state index is 0.767. The molecule has 0 saturated heterocycles. The van der Waals surface area contributed by atoms with Crippen molar-refractivity contribution < 1.29 is 0 Å². The first kappa shape index (κ1) is 20.5. The zero-order chi connectivity index (χ0) is 19.6. The van der Waals surface area contributed by atoms with Gasteiger partial charge < -0.3 is 21.0 Å². The molecule has 0 bridgehead atoms. The van der Waals surface area contributed by atoms with Gasteiger partial charge in [-0.25, -0.2) is 9.97 Å². The number of rotatable bonds is 1. The molecule has 2 heterocycles. The number of hydrogen-bond donors (Lipinski definition) is 3. The minimum Gasteiger partial charge on any atom is -0.399 e. The SMILES string of the molecule is Cc1cn(-c2cccc(N)c2)cn1.Cc1cnc[nH]1.Nc1cccc(I)c1. The van der Waals surface area contributed by atoms with Gasteiger partial charge >= 0.3 is 0 Å². The van der Waals surface area contributed by atoms with Crippen LogP contribution < -0.4 is 11.5 Å². The Labute approximate surface area is 172 Å². The number of aromatic nitrogens is 4. The molecule has 4 aromatic rings. The maximum atomic E-state index is 5.67. The summed E-state index contributed by atoms with van der Waals surface area (Å²) in [5.74, 6) is 0. The van der Waals surface area contributed by atoms with Crippen LogP contribution in [0.5, 0.6) is 0 Å². The number of benzene rings is 2. The van der Waals surface area contributed by atoms with Crippen molar-refractivity contribution in [3.8, 4) is 5.69 Å². The Morgan fingerprint density at radius 1 is 1.00 bits per heavy atom. The van der Waals surface area contributed by atoms with Gasteiger partial charge in [-0.15, -0.1) is 0 Å². The maximum Gasteiger partial charge on any atom is 0.0995 e. The lowest BCUT2D eigenvalue weighted by Gasteiger charge is -2.01. The first-order valence-electron chi connectivity index (χ1n) is 8.26. The van der Waals surface area contributed by atoms with Crippen molar-refractivity contribution in [2.45, 2.75) is 13.8 Å². The van der Waals surface area contributed by atoms with Crippen LogP contribution in [0.2, 0.25) is 0 Å². The Kier molecular flexibility index (Phi) is 7.87. The largest absolute Gasteiger partial charge is 0.399 e. The van der Waals surface area contributed by atoms with Crippen LogP contribution in [0.3, 0.4) is 0 Å². The highest BCUT2D eigenvalue weighted by molar-refractivity contribution is 14.1. The second-order valence-corrected chi connectivity index (χ2v) is 7.05. The zero-order valence-corrected chi connectivity index (χ0v) is 17.5. The number of aryl methyl sites for hydroxylation is 2. The minimum atomic E-state index is 0.767. The molecule has 0 amide bonds. The Morgan fingerprint density at radius 2 is 1.70 bits per heavy atom. The number of halogens is 1. The van der Waals surface area contributed by atoms with Gasteiger partial charge in [-0.3, -0.25) is 0 Å². The second-order valence-electron chi connectivity index (χ2n) is 5.81. The van der Waals surface area contributed by atoms with Gasteiger partial charge in [0.15, 0.2) is 0 Å². The van der Waals surface area contributed by atoms with Crippen LogP contribution in [0.4, 0.5) is 11.4 Å². The monoisotopic (exact) mass is 474 g/mol. The van der Waals surface area contributed by atoms with Crippen molar-refractivity contribution >= 4 is 34.0 Å². The second kappa shape index (κ2) is 10.4. The van der Waals surface area contributed by atoms with Gasteiger partial charge in [0.25, 0.3) is 0 Å². The number of nitrogens with one attached hydrogen (secondary N) is 1. The van der Waals surface area contributed by atoms with Gasteiger partial charge in [0.05, 0.1) is 18.3 Å². The van der Waals surface area contributed by atoms with E-state index in [0.29, 0.717) is 0 Å². The Balaban J connectivity index is 0.000000159.